The Labute approximate surface area is 359 Å². The molecule has 0 atom stereocenters. The molecule has 8 heteroatoms. The van der Waals surface area contributed by atoms with E-state index in [0.717, 1.165) is 56.9 Å². The van der Waals surface area contributed by atoms with E-state index < -0.39 is 0 Å². The minimum Gasteiger partial charge on any atom is -0.466 e. The van der Waals surface area contributed by atoms with Crippen LogP contribution in [0.3, 0.4) is 0 Å². The van der Waals surface area contributed by atoms with E-state index in [4.69, 9.17) is 14.2 Å². The molecule has 0 aliphatic rings. The maximum Gasteiger partial charge on any atom is 0.305 e. The molecule has 0 aromatic carbocycles. The molecule has 0 fully saturated rings. The summed E-state index contributed by atoms with van der Waals surface area (Å²) in [7, 11) is 0. The number of unbranched alkanes of at least 4 members (excludes halogenated alkanes) is 25. The Morgan fingerprint density at radius 1 is 0.614 bits per heavy atom. The Morgan fingerprint density at radius 2 is 1.09 bits per heavy atom. The van der Waals surface area contributed by atoms with Crippen molar-refractivity contribution in [1.29, 1.82) is 0 Å². The number of hydrogen-bond acceptors (Lipinski definition) is 8. The Kier molecular flexibility index (Phi) is 41.8. The summed E-state index contributed by atoms with van der Waals surface area (Å²) in [4.78, 5) is 19.2. The van der Waals surface area contributed by atoms with Crippen LogP contribution in [0.15, 0.2) is 11.6 Å². The van der Waals surface area contributed by atoms with Crippen LogP contribution >= 0.6 is 11.3 Å². The van der Waals surface area contributed by atoms with Gasteiger partial charge in [-0.25, -0.2) is 4.98 Å². The highest BCUT2D eigenvalue weighted by atomic mass is 32.1. The highest BCUT2D eigenvalue weighted by Crippen LogP contribution is 2.18. The van der Waals surface area contributed by atoms with E-state index in [1.54, 1.807) is 11.3 Å². The quantitative estimate of drug-likeness (QED) is 0.0399. The molecule has 0 amide bonds. The summed E-state index contributed by atoms with van der Waals surface area (Å²) in [6, 6.07) is 0. The minimum atomic E-state index is -0.00201. The molecule has 1 aromatic rings. The first-order valence-electron chi connectivity index (χ1n) is 24.9. The molecule has 7 nitrogen and oxygen atoms in total. The van der Waals surface area contributed by atoms with Gasteiger partial charge < -0.3 is 24.4 Å². The molecule has 0 bridgehead atoms. The average Bonchev–Trinajstić information content (AvgIpc) is 3.74. The summed E-state index contributed by atoms with van der Waals surface area (Å²) in [5.74, 6) is -0.00201. The van der Waals surface area contributed by atoms with E-state index in [0.29, 0.717) is 25.9 Å². The molecule has 1 heterocycles. The zero-order valence-corrected chi connectivity index (χ0v) is 39.0. The second-order valence-electron chi connectivity index (χ2n) is 16.9. The number of carbonyl (C=O) groups excluding carboxylic acids is 1. The SMILES string of the molecule is CCCCCCCCCOC(=O)CCCCCCCN(CCCCCCCCOCOC(CCCCCCCC)CCCCCCCC)CCCNc1nccs1.[HH]. The topological polar surface area (TPSA) is 72.9 Å². The third kappa shape index (κ3) is 38.7. The molecule has 0 aliphatic heterocycles. The minimum absolute atomic E-state index is 0. The van der Waals surface area contributed by atoms with Crippen molar-refractivity contribution in [2.75, 3.05) is 51.5 Å². The summed E-state index contributed by atoms with van der Waals surface area (Å²) in [6.07, 6.45) is 44.7. The van der Waals surface area contributed by atoms with Gasteiger partial charge in [-0.3, -0.25) is 4.79 Å². The van der Waals surface area contributed by atoms with Crippen LogP contribution in [0.1, 0.15) is 241 Å². The standard InChI is InChI=1S/C49H95N3O4S.H2/c1-4-7-10-13-17-26-33-44-55-48(53)37-29-22-19-24-31-41-52(42-34-38-50-49-51-39-45-57-49)40-30-23-16-18-25-32-43-54-46-56-47(35-27-20-14-11-8-5-2)36-28-21-15-12-9-6-3;/h39,45,47H,4-38,40-44,46H2,1-3H3,(H,50,51);1H. The van der Waals surface area contributed by atoms with Crippen molar-refractivity contribution in [2.24, 2.45) is 0 Å². The van der Waals surface area contributed by atoms with Gasteiger partial charge in [0.25, 0.3) is 0 Å². The van der Waals surface area contributed by atoms with Crippen molar-refractivity contribution >= 4 is 22.4 Å². The summed E-state index contributed by atoms with van der Waals surface area (Å²) in [5.41, 5.74) is 0. The molecular formula is C49H97N3O4S. The fraction of sp³-hybridized carbons (Fsp3) is 0.918. The highest BCUT2D eigenvalue weighted by Gasteiger charge is 2.10. The number of esters is 1. The Bertz CT molecular complexity index is 912. The van der Waals surface area contributed by atoms with Crippen molar-refractivity contribution in [3.8, 4) is 0 Å². The van der Waals surface area contributed by atoms with Crippen LogP contribution < -0.4 is 5.32 Å². The zero-order valence-electron chi connectivity index (χ0n) is 38.2. The average molecular weight is 824 g/mol. The largest absolute Gasteiger partial charge is 0.466 e. The van der Waals surface area contributed by atoms with Crippen molar-refractivity contribution in [2.45, 2.75) is 245 Å². The van der Waals surface area contributed by atoms with E-state index in [-0.39, 0.29) is 7.40 Å². The van der Waals surface area contributed by atoms with Gasteiger partial charge in [-0.1, -0.05) is 181 Å². The van der Waals surface area contributed by atoms with Crippen LogP contribution in [0.5, 0.6) is 0 Å². The molecule has 0 spiro atoms. The third-order valence-corrected chi connectivity index (χ3v) is 12.1. The van der Waals surface area contributed by atoms with Crippen LogP contribution in [-0.4, -0.2) is 68.1 Å². The second-order valence-corrected chi connectivity index (χ2v) is 17.8. The van der Waals surface area contributed by atoms with Gasteiger partial charge in [0.15, 0.2) is 5.13 Å². The first-order chi connectivity index (χ1) is 28.2. The number of anilines is 1. The predicted octanol–water partition coefficient (Wildman–Crippen LogP) is 15.3. The van der Waals surface area contributed by atoms with E-state index >= 15 is 0 Å². The van der Waals surface area contributed by atoms with Gasteiger partial charge in [-0.05, 0) is 71.0 Å². The molecule has 1 N–H and O–H groups in total. The smallest absolute Gasteiger partial charge is 0.305 e. The van der Waals surface area contributed by atoms with Crippen LogP contribution in [0.4, 0.5) is 5.13 Å². The van der Waals surface area contributed by atoms with Crippen molar-refractivity contribution in [3.63, 3.8) is 0 Å². The second kappa shape index (κ2) is 44.3. The summed E-state index contributed by atoms with van der Waals surface area (Å²) in [5, 5.41) is 6.53. The van der Waals surface area contributed by atoms with Crippen LogP contribution in [-0.2, 0) is 19.0 Å². The third-order valence-electron chi connectivity index (χ3n) is 11.4. The van der Waals surface area contributed by atoms with Gasteiger partial charge in [0.2, 0.25) is 0 Å². The van der Waals surface area contributed by atoms with Crippen LogP contribution in [0, 0.1) is 0 Å². The van der Waals surface area contributed by atoms with Gasteiger partial charge in [-0.2, -0.15) is 0 Å². The van der Waals surface area contributed by atoms with Gasteiger partial charge in [-0.15, -0.1) is 11.3 Å². The molecule has 0 saturated heterocycles. The molecule has 1 rings (SSSR count). The summed E-state index contributed by atoms with van der Waals surface area (Å²) < 4.78 is 17.7. The van der Waals surface area contributed by atoms with Gasteiger partial charge in [0.1, 0.15) is 6.79 Å². The van der Waals surface area contributed by atoms with Crippen molar-refractivity contribution in [1.82, 2.24) is 9.88 Å². The molecule has 0 radical (unpaired) electrons. The predicted molar refractivity (Wildman–Crippen MR) is 250 cm³/mol. The van der Waals surface area contributed by atoms with Gasteiger partial charge >= 0.3 is 5.97 Å². The van der Waals surface area contributed by atoms with Crippen molar-refractivity contribution in [3.05, 3.63) is 11.6 Å². The molecule has 1 aromatic heterocycles. The highest BCUT2D eigenvalue weighted by molar-refractivity contribution is 7.13. The lowest BCUT2D eigenvalue weighted by molar-refractivity contribution is -0.143. The number of nitrogens with zero attached hydrogens (tertiary/aromatic N) is 2. The van der Waals surface area contributed by atoms with E-state index in [2.05, 4.69) is 36.0 Å². The van der Waals surface area contributed by atoms with E-state index in [1.807, 2.05) is 11.6 Å². The lowest BCUT2D eigenvalue weighted by Crippen LogP contribution is -2.28. The molecular weight excluding hydrogens is 727 g/mol. The molecule has 57 heavy (non-hydrogen) atoms. The number of rotatable bonds is 47. The number of thiazole rings is 1. The number of aromatic nitrogens is 1. The lowest BCUT2D eigenvalue weighted by atomic mass is 10.0. The number of hydrogen-bond donors (Lipinski definition) is 1. The van der Waals surface area contributed by atoms with Crippen LogP contribution in [0.25, 0.3) is 0 Å². The Morgan fingerprint density at radius 3 is 1.63 bits per heavy atom. The zero-order chi connectivity index (χ0) is 41.0. The summed E-state index contributed by atoms with van der Waals surface area (Å²) >= 11 is 1.68. The Balaban J connectivity index is 0.0000325. The fourth-order valence-electron chi connectivity index (χ4n) is 7.66. The van der Waals surface area contributed by atoms with E-state index in [1.165, 1.54) is 193 Å². The lowest BCUT2D eigenvalue weighted by Gasteiger charge is -2.22. The summed E-state index contributed by atoms with van der Waals surface area (Å²) in [6.45, 7) is 13.2. The van der Waals surface area contributed by atoms with E-state index in [9.17, 15) is 4.79 Å². The van der Waals surface area contributed by atoms with Crippen LogP contribution in [0.2, 0.25) is 0 Å². The molecule has 0 saturated carbocycles. The maximum atomic E-state index is 12.1. The molecule has 0 aliphatic carbocycles. The van der Waals surface area contributed by atoms with Crippen molar-refractivity contribution < 1.29 is 20.4 Å². The normalized spacial score (nSPS) is 11.7. The fourth-order valence-corrected chi connectivity index (χ4v) is 8.22. The Hall–Kier alpha value is -1.22. The number of nitrogens with one attached hydrogen (secondary N) is 1. The maximum absolute atomic E-state index is 12.1. The molecule has 338 valence electrons. The number of carbonyl (C=O) groups is 1. The first kappa shape index (κ1) is 53.8. The molecule has 0 unspecified atom stereocenters. The monoisotopic (exact) mass is 824 g/mol. The van der Waals surface area contributed by atoms with Gasteiger partial charge in [0, 0.05) is 32.6 Å². The number of ether oxygens (including phenoxy) is 3. The van der Waals surface area contributed by atoms with Gasteiger partial charge in [0.05, 0.1) is 12.7 Å². The first-order valence-corrected chi connectivity index (χ1v) is 25.8.